The molecular weight excluding hydrogens is 729 g/mol. The lowest BCUT2D eigenvalue weighted by atomic mass is 9.82. The monoisotopic (exact) mass is 767 g/mol. The zero-order valence-corrected chi connectivity index (χ0v) is 30.0. The summed E-state index contributed by atoms with van der Waals surface area (Å²) < 4.78 is 15.4. The first-order chi connectivity index (χ1) is 22.5. The number of aromatic nitrogens is 3. The number of carbonyl (C=O) groups excluding carboxylic acids is 1. The van der Waals surface area contributed by atoms with Gasteiger partial charge in [0.25, 0.3) is 11.6 Å². The number of aliphatic hydroxyl groups excluding tert-OH is 1. The Morgan fingerprint density at radius 1 is 1.13 bits per heavy atom. The second kappa shape index (κ2) is 13.1. The molecule has 1 spiro atoms. The SMILES string of the molecule is COc1ccc([Si](C)(C)[C@H]2[C@H](CCn3cc(CCO)nn3)O[C@@]3(C(=O)N(Cc4ccc(I)cc4)c4ccc([N+](=O)[O-])cc43)[C@@H]2C)cc1. The Kier molecular flexibility index (Phi) is 9.26. The van der Waals surface area contributed by atoms with Crippen LogP contribution in [0.15, 0.2) is 72.9 Å². The molecule has 1 fully saturated rings. The molecule has 3 aromatic carbocycles. The van der Waals surface area contributed by atoms with Gasteiger partial charge in [-0.25, -0.2) is 0 Å². The summed E-state index contributed by atoms with van der Waals surface area (Å²) in [4.78, 5) is 28.3. The molecule has 2 aliphatic heterocycles. The number of anilines is 1. The molecule has 0 unspecified atom stereocenters. The number of ether oxygens (including phenoxy) is 2. The molecule has 47 heavy (non-hydrogen) atoms. The highest BCUT2D eigenvalue weighted by Crippen LogP contribution is 2.60. The summed E-state index contributed by atoms with van der Waals surface area (Å²) in [5, 5.41) is 31.0. The molecule has 3 heterocycles. The fraction of sp³-hybridized carbons (Fsp3) is 0.382. The van der Waals surface area contributed by atoms with Gasteiger partial charge >= 0.3 is 0 Å². The van der Waals surface area contributed by atoms with Crippen LogP contribution in [-0.2, 0) is 34.6 Å². The minimum Gasteiger partial charge on any atom is -0.497 e. The van der Waals surface area contributed by atoms with Crippen molar-refractivity contribution in [2.75, 3.05) is 18.6 Å². The van der Waals surface area contributed by atoms with Gasteiger partial charge in [0.2, 0.25) is 0 Å². The maximum Gasteiger partial charge on any atom is 0.269 e. The number of nitro groups is 1. The Morgan fingerprint density at radius 2 is 1.85 bits per heavy atom. The molecule has 1 N–H and O–H groups in total. The van der Waals surface area contributed by atoms with E-state index in [1.807, 2.05) is 42.6 Å². The van der Waals surface area contributed by atoms with E-state index in [2.05, 4.69) is 65.1 Å². The van der Waals surface area contributed by atoms with Gasteiger partial charge in [-0.3, -0.25) is 19.6 Å². The normalized spacial score (nSPS) is 22.2. The van der Waals surface area contributed by atoms with Gasteiger partial charge in [-0.1, -0.05) is 54.7 Å². The summed E-state index contributed by atoms with van der Waals surface area (Å²) in [5.41, 5.74) is 1.33. The van der Waals surface area contributed by atoms with Crippen LogP contribution in [0, 0.1) is 19.6 Å². The summed E-state index contributed by atoms with van der Waals surface area (Å²) in [5.74, 6) is 0.273. The Morgan fingerprint density at radius 3 is 2.51 bits per heavy atom. The number of nitrogens with zero attached hydrogens (tertiary/aromatic N) is 5. The average Bonchev–Trinajstić information content (AvgIpc) is 3.71. The fourth-order valence-corrected chi connectivity index (χ4v) is 12.0. The number of hydrogen-bond donors (Lipinski definition) is 1. The quantitative estimate of drug-likeness (QED) is 0.0956. The summed E-state index contributed by atoms with van der Waals surface area (Å²) in [6.45, 7) is 7.49. The molecule has 246 valence electrons. The van der Waals surface area contributed by atoms with Gasteiger partial charge in [0, 0.05) is 53.0 Å². The van der Waals surface area contributed by atoms with Gasteiger partial charge in [-0.15, -0.1) is 5.10 Å². The van der Waals surface area contributed by atoms with Crippen LogP contribution < -0.4 is 14.8 Å². The van der Waals surface area contributed by atoms with Crippen molar-refractivity contribution < 1.29 is 24.3 Å². The standard InChI is InChI=1S/C34H38IN5O6Si/c1-22-32(47(3,4)28-12-10-27(45-2)11-13-28)31(15-17-38-21-25(16-18-41)36-37-38)46-34(22)29-19-26(40(43)44)9-14-30(29)39(33(34)42)20-23-5-7-24(35)8-6-23/h5-14,19,21-22,31-32,41H,15-18,20H2,1-4H3/t22-,31+,32-,34+/m1/s1. The second-order valence-electron chi connectivity index (χ2n) is 12.9. The zero-order valence-electron chi connectivity index (χ0n) is 26.8. The molecular formula is C34H38IN5O6Si. The Balaban J connectivity index is 1.44. The fourth-order valence-electron chi connectivity index (χ4n) is 7.55. The van der Waals surface area contributed by atoms with E-state index >= 15 is 0 Å². The van der Waals surface area contributed by atoms with Crippen LogP contribution in [-0.4, -0.2) is 58.8 Å². The largest absolute Gasteiger partial charge is 0.497 e. The van der Waals surface area contributed by atoms with E-state index in [1.54, 1.807) is 22.8 Å². The highest BCUT2D eigenvalue weighted by atomic mass is 127. The Hall–Kier alpha value is -3.66. The van der Waals surface area contributed by atoms with Crippen LogP contribution in [0.1, 0.15) is 30.2 Å². The Bertz CT molecular complexity index is 1780. The third-order valence-corrected chi connectivity index (χ3v) is 15.0. The van der Waals surface area contributed by atoms with E-state index in [4.69, 9.17) is 9.47 Å². The van der Waals surface area contributed by atoms with Crippen LogP contribution in [0.4, 0.5) is 11.4 Å². The van der Waals surface area contributed by atoms with Crippen molar-refractivity contribution in [1.82, 2.24) is 15.0 Å². The van der Waals surface area contributed by atoms with E-state index < -0.39 is 18.6 Å². The second-order valence-corrected chi connectivity index (χ2v) is 18.8. The summed E-state index contributed by atoms with van der Waals surface area (Å²) in [6, 6.07) is 20.8. The lowest BCUT2D eigenvalue weighted by molar-refractivity contribution is -0.385. The molecule has 11 nitrogen and oxygen atoms in total. The highest BCUT2D eigenvalue weighted by Gasteiger charge is 2.66. The molecule has 4 aromatic rings. The minimum absolute atomic E-state index is 0.0133. The number of aliphatic hydroxyl groups is 1. The number of nitro benzene ring substituents is 1. The van der Waals surface area contributed by atoms with Crippen LogP contribution in [0.25, 0.3) is 0 Å². The van der Waals surface area contributed by atoms with Gasteiger partial charge in [-0.05, 0) is 70.4 Å². The predicted molar refractivity (Wildman–Crippen MR) is 188 cm³/mol. The van der Waals surface area contributed by atoms with Crippen molar-refractivity contribution in [1.29, 1.82) is 0 Å². The smallest absolute Gasteiger partial charge is 0.269 e. The number of hydrogen-bond acceptors (Lipinski definition) is 8. The van der Waals surface area contributed by atoms with Gasteiger partial charge < -0.3 is 19.5 Å². The van der Waals surface area contributed by atoms with E-state index in [-0.39, 0.29) is 35.8 Å². The van der Waals surface area contributed by atoms with Gasteiger partial charge in [0.1, 0.15) is 5.75 Å². The maximum absolute atomic E-state index is 14.9. The van der Waals surface area contributed by atoms with E-state index in [9.17, 15) is 20.0 Å². The maximum atomic E-state index is 14.9. The molecule has 6 rings (SSSR count). The highest BCUT2D eigenvalue weighted by molar-refractivity contribution is 14.1. The number of amides is 1. The number of rotatable bonds is 11. The number of aryl methyl sites for hydroxylation is 1. The lowest BCUT2D eigenvalue weighted by Crippen LogP contribution is -2.51. The number of benzene rings is 3. The van der Waals surface area contributed by atoms with Crippen molar-refractivity contribution in [3.8, 4) is 5.75 Å². The zero-order chi connectivity index (χ0) is 33.5. The third kappa shape index (κ3) is 5.98. The molecule has 4 atom stereocenters. The molecule has 13 heteroatoms. The van der Waals surface area contributed by atoms with Gasteiger partial charge in [0.15, 0.2) is 5.60 Å². The number of non-ortho nitro benzene ring substituents is 1. The molecule has 2 aliphatic rings. The first-order valence-electron chi connectivity index (χ1n) is 15.7. The van der Waals surface area contributed by atoms with Crippen molar-refractivity contribution in [2.45, 2.75) is 63.2 Å². The topological polar surface area (TPSA) is 133 Å². The van der Waals surface area contributed by atoms with Crippen molar-refractivity contribution in [3.05, 3.63) is 103 Å². The van der Waals surface area contributed by atoms with Gasteiger partial charge in [-0.2, -0.15) is 0 Å². The number of methoxy groups -OCH3 is 1. The summed E-state index contributed by atoms with van der Waals surface area (Å²) >= 11 is 2.25. The van der Waals surface area contributed by atoms with Crippen molar-refractivity contribution in [3.63, 3.8) is 0 Å². The first kappa shape index (κ1) is 33.2. The number of fused-ring (bicyclic) bond motifs is 2. The minimum atomic E-state index is -2.40. The predicted octanol–water partition coefficient (Wildman–Crippen LogP) is 5.19. The van der Waals surface area contributed by atoms with E-state index in [1.165, 1.54) is 17.3 Å². The van der Waals surface area contributed by atoms with Crippen LogP contribution in [0.2, 0.25) is 18.6 Å². The molecule has 1 aromatic heterocycles. The molecule has 1 amide bonds. The summed E-state index contributed by atoms with van der Waals surface area (Å²) in [6.07, 6.45) is 2.45. The molecule has 0 bridgehead atoms. The van der Waals surface area contributed by atoms with Crippen LogP contribution in [0.5, 0.6) is 5.75 Å². The molecule has 0 radical (unpaired) electrons. The Labute approximate surface area is 288 Å². The average molecular weight is 768 g/mol. The van der Waals surface area contributed by atoms with Crippen LogP contribution in [0.3, 0.4) is 0 Å². The third-order valence-electron chi connectivity index (χ3n) is 9.88. The number of halogens is 1. The van der Waals surface area contributed by atoms with Crippen LogP contribution >= 0.6 is 22.6 Å². The number of carbonyl (C=O) groups is 1. The van der Waals surface area contributed by atoms with Gasteiger partial charge in [0.05, 0.1) is 44.1 Å². The summed E-state index contributed by atoms with van der Waals surface area (Å²) in [7, 11) is -0.757. The molecule has 0 saturated carbocycles. The van der Waals surface area contributed by atoms with E-state index in [0.717, 1.165) is 14.9 Å². The first-order valence-corrected chi connectivity index (χ1v) is 19.8. The van der Waals surface area contributed by atoms with Crippen molar-refractivity contribution in [2.24, 2.45) is 5.92 Å². The lowest BCUT2D eigenvalue weighted by Gasteiger charge is -2.37. The van der Waals surface area contributed by atoms with Crippen molar-refractivity contribution >= 4 is 53.1 Å². The molecule has 1 saturated heterocycles. The van der Waals surface area contributed by atoms with E-state index in [0.29, 0.717) is 42.9 Å². The molecule has 0 aliphatic carbocycles.